The molecule has 1 aromatic carbocycles. The summed E-state index contributed by atoms with van der Waals surface area (Å²) in [6.07, 6.45) is 6.52. The number of piperidine rings is 1. The number of rotatable bonds is 5. The minimum Gasteiger partial charge on any atom is -0.381 e. The van der Waals surface area contributed by atoms with Crippen molar-refractivity contribution in [2.45, 2.75) is 64.1 Å². The fourth-order valence-electron chi connectivity index (χ4n) is 5.28. The second-order valence-corrected chi connectivity index (χ2v) is 10.7. The molecule has 186 valence electrons. The number of nitrogens with zero attached hydrogens (tertiary/aromatic N) is 4. The van der Waals surface area contributed by atoms with Gasteiger partial charge in [0.1, 0.15) is 6.54 Å². The molecule has 0 radical (unpaired) electrons. The van der Waals surface area contributed by atoms with Crippen LogP contribution in [0.15, 0.2) is 24.4 Å². The maximum atomic E-state index is 13.2. The Labute approximate surface area is 211 Å². The van der Waals surface area contributed by atoms with Gasteiger partial charge in [0.2, 0.25) is 11.9 Å². The van der Waals surface area contributed by atoms with Crippen LogP contribution in [0.3, 0.4) is 0 Å². The largest absolute Gasteiger partial charge is 0.381 e. The lowest BCUT2D eigenvalue weighted by Gasteiger charge is -2.43. The number of ether oxygens (including phenoxy) is 1. The van der Waals surface area contributed by atoms with Crippen LogP contribution in [0.4, 0.5) is 5.95 Å². The number of hydrogen-bond acceptors (Lipinski definition) is 6. The van der Waals surface area contributed by atoms with Crippen molar-refractivity contribution in [3.05, 3.63) is 40.5 Å². The van der Waals surface area contributed by atoms with Crippen LogP contribution in [-0.4, -0.2) is 69.5 Å². The molecule has 2 aromatic rings. The number of benzene rings is 1. The van der Waals surface area contributed by atoms with Crippen LogP contribution >= 0.6 is 11.6 Å². The van der Waals surface area contributed by atoms with E-state index in [9.17, 15) is 9.59 Å². The van der Waals surface area contributed by atoms with Crippen molar-refractivity contribution in [2.24, 2.45) is 0 Å². The molecule has 3 aliphatic rings. The van der Waals surface area contributed by atoms with E-state index >= 15 is 0 Å². The first-order chi connectivity index (χ1) is 16.8. The van der Waals surface area contributed by atoms with E-state index in [-0.39, 0.29) is 29.9 Å². The number of fused-ring (bicyclic) bond motifs is 1. The lowest BCUT2D eigenvalue weighted by Crippen LogP contribution is -2.53. The van der Waals surface area contributed by atoms with Gasteiger partial charge in [-0.15, -0.1) is 0 Å². The fourth-order valence-corrected chi connectivity index (χ4v) is 5.48. The highest BCUT2D eigenvalue weighted by atomic mass is 35.5. The monoisotopic (exact) mass is 497 g/mol. The van der Waals surface area contributed by atoms with Crippen molar-refractivity contribution in [3.8, 4) is 11.3 Å². The molecule has 1 aromatic heterocycles. The molecule has 1 N–H and O–H groups in total. The van der Waals surface area contributed by atoms with Gasteiger partial charge in [-0.05, 0) is 57.6 Å². The van der Waals surface area contributed by atoms with Gasteiger partial charge in [-0.3, -0.25) is 9.59 Å². The molecular weight excluding hydrogens is 466 g/mol. The predicted octanol–water partition coefficient (Wildman–Crippen LogP) is 4.13. The van der Waals surface area contributed by atoms with Crippen molar-refractivity contribution in [1.82, 2.24) is 19.8 Å². The van der Waals surface area contributed by atoms with Gasteiger partial charge in [-0.1, -0.05) is 23.7 Å². The zero-order valence-electron chi connectivity index (χ0n) is 20.3. The lowest BCUT2D eigenvalue weighted by molar-refractivity contribution is -0.139. The molecular formula is C26H32ClN5O3. The predicted molar refractivity (Wildman–Crippen MR) is 134 cm³/mol. The Morgan fingerprint density at radius 3 is 2.83 bits per heavy atom. The van der Waals surface area contributed by atoms with Crippen LogP contribution in [0.5, 0.6) is 0 Å². The van der Waals surface area contributed by atoms with Gasteiger partial charge in [0.15, 0.2) is 0 Å². The Balaban J connectivity index is 1.32. The van der Waals surface area contributed by atoms with E-state index in [0.717, 1.165) is 63.0 Å². The lowest BCUT2D eigenvalue weighted by atomic mass is 9.90. The maximum Gasteiger partial charge on any atom is 0.254 e. The molecule has 2 saturated heterocycles. The minimum absolute atomic E-state index is 0.0127. The van der Waals surface area contributed by atoms with Gasteiger partial charge >= 0.3 is 0 Å². The molecule has 0 bridgehead atoms. The zero-order valence-corrected chi connectivity index (χ0v) is 21.1. The number of carbonyl (C=O) groups is 2. The highest BCUT2D eigenvalue weighted by molar-refractivity contribution is 6.33. The third-order valence-electron chi connectivity index (χ3n) is 7.34. The van der Waals surface area contributed by atoms with E-state index in [4.69, 9.17) is 16.3 Å². The number of likely N-dealkylation sites (tertiary alicyclic amines) is 1. The van der Waals surface area contributed by atoms with Crippen LogP contribution < -0.4 is 5.32 Å². The number of amides is 2. The molecule has 5 rings (SSSR count). The van der Waals surface area contributed by atoms with E-state index in [1.807, 2.05) is 23.1 Å². The van der Waals surface area contributed by atoms with E-state index in [1.54, 1.807) is 11.1 Å². The third kappa shape index (κ3) is 5.00. The van der Waals surface area contributed by atoms with Gasteiger partial charge in [-0.25, -0.2) is 9.97 Å². The van der Waals surface area contributed by atoms with E-state index in [1.165, 1.54) is 0 Å². The van der Waals surface area contributed by atoms with E-state index in [2.05, 4.69) is 29.1 Å². The Hall–Kier alpha value is -2.71. The third-order valence-corrected chi connectivity index (χ3v) is 7.62. The van der Waals surface area contributed by atoms with Gasteiger partial charge < -0.3 is 19.9 Å². The highest BCUT2D eigenvalue weighted by Crippen LogP contribution is 2.32. The summed E-state index contributed by atoms with van der Waals surface area (Å²) < 4.78 is 5.42. The number of halogens is 1. The van der Waals surface area contributed by atoms with Crippen molar-refractivity contribution in [2.75, 3.05) is 31.6 Å². The first-order valence-electron chi connectivity index (χ1n) is 12.4. The average Bonchev–Trinajstić information content (AvgIpc) is 3.15. The smallest absolute Gasteiger partial charge is 0.254 e. The Morgan fingerprint density at radius 1 is 1.26 bits per heavy atom. The molecule has 0 aliphatic carbocycles. The fraction of sp³-hybridized carbons (Fsp3) is 0.538. The molecule has 0 saturated carbocycles. The Morgan fingerprint density at radius 2 is 2.06 bits per heavy atom. The summed E-state index contributed by atoms with van der Waals surface area (Å²) in [5.74, 6) is 0.397. The summed E-state index contributed by atoms with van der Waals surface area (Å²) in [5.41, 5.74) is 2.68. The topological polar surface area (TPSA) is 87.7 Å². The first kappa shape index (κ1) is 24.0. The van der Waals surface area contributed by atoms with E-state index in [0.29, 0.717) is 28.8 Å². The van der Waals surface area contributed by atoms with Crippen LogP contribution in [0.2, 0.25) is 5.02 Å². The standard InChI is InChI=1S/C26H32ClN5O3/c1-26(2)9-3-4-10-32(26)22(33)16-31-15-18-6-5-17(13-20(18)24(31)34)23-21(27)14-28-25(30-23)29-19-7-11-35-12-8-19/h5-6,13-14,19H,3-4,7-12,15-16H2,1-2H3,(H,28,29,30). The van der Waals surface area contributed by atoms with Gasteiger partial charge in [-0.2, -0.15) is 0 Å². The normalized spacial score (nSPS) is 20.1. The Kier molecular flexibility index (Phi) is 6.68. The number of nitrogens with one attached hydrogen (secondary N) is 1. The summed E-state index contributed by atoms with van der Waals surface area (Å²) in [7, 11) is 0. The number of carbonyl (C=O) groups excluding carboxylic acids is 2. The first-order valence-corrected chi connectivity index (χ1v) is 12.8. The molecule has 8 nitrogen and oxygen atoms in total. The molecule has 4 heterocycles. The molecule has 9 heteroatoms. The van der Waals surface area contributed by atoms with Crippen molar-refractivity contribution in [3.63, 3.8) is 0 Å². The van der Waals surface area contributed by atoms with Gasteiger partial charge in [0.05, 0.1) is 16.9 Å². The summed E-state index contributed by atoms with van der Waals surface area (Å²) >= 11 is 6.45. The van der Waals surface area contributed by atoms with Crippen LogP contribution in [0, 0.1) is 0 Å². The SMILES string of the molecule is CC1(C)CCCCN1C(=O)CN1Cc2ccc(-c3nc(NC4CCOCC4)ncc3Cl)cc2C1=O. The summed E-state index contributed by atoms with van der Waals surface area (Å²) in [6, 6.07) is 5.95. The molecule has 2 fully saturated rings. The molecule has 3 aliphatic heterocycles. The molecule has 0 atom stereocenters. The number of hydrogen-bond donors (Lipinski definition) is 1. The second-order valence-electron chi connectivity index (χ2n) is 10.3. The average molecular weight is 498 g/mol. The quantitative estimate of drug-likeness (QED) is 0.668. The Bertz CT molecular complexity index is 1130. The molecule has 0 unspecified atom stereocenters. The van der Waals surface area contributed by atoms with Gasteiger partial charge in [0.25, 0.3) is 5.91 Å². The van der Waals surface area contributed by atoms with Crippen molar-refractivity contribution >= 4 is 29.4 Å². The van der Waals surface area contributed by atoms with Gasteiger partial charge in [0, 0.05) is 49.0 Å². The van der Waals surface area contributed by atoms with E-state index < -0.39 is 0 Å². The van der Waals surface area contributed by atoms with Crippen molar-refractivity contribution in [1.29, 1.82) is 0 Å². The molecule has 0 spiro atoms. The van der Waals surface area contributed by atoms with Crippen molar-refractivity contribution < 1.29 is 14.3 Å². The van der Waals surface area contributed by atoms with Crippen LogP contribution in [0.25, 0.3) is 11.3 Å². The van der Waals surface area contributed by atoms with Crippen LogP contribution in [-0.2, 0) is 16.1 Å². The number of aromatic nitrogens is 2. The number of anilines is 1. The second kappa shape index (κ2) is 9.74. The molecule has 2 amide bonds. The summed E-state index contributed by atoms with van der Waals surface area (Å²) in [4.78, 5) is 38.9. The maximum absolute atomic E-state index is 13.2. The molecule has 35 heavy (non-hydrogen) atoms. The summed E-state index contributed by atoms with van der Waals surface area (Å²) in [6.45, 7) is 6.93. The minimum atomic E-state index is -0.168. The zero-order chi connectivity index (χ0) is 24.6. The highest BCUT2D eigenvalue weighted by Gasteiger charge is 2.36. The summed E-state index contributed by atoms with van der Waals surface area (Å²) in [5, 5.41) is 3.79. The van der Waals surface area contributed by atoms with Crippen LogP contribution in [0.1, 0.15) is 61.9 Å².